The van der Waals surface area contributed by atoms with Crippen molar-refractivity contribution in [3.05, 3.63) is 69.3 Å². The minimum Gasteiger partial charge on any atom is -0.497 e. The number of thiazole rings is 1. The van der Waals surface area contributed by atoms with E-state index in [0.29, 0.717) is 10.8 Å². The molecule has 0 amide bonds. The van der Waals surface area contributed by atoms with Crippen LogP contribution in [0, 0.1) is 6.92 Å². The number of methoxy groups -OCH3 is 1. The number of aromatic nitrogens is 3. The quantitative estimate of drug-likeness (QED) is 0.424. The van der Waals surface area contributed by atoms with E-state index in [9.17, 15) is 5.11 Å². The molecule has 0 spiro atoms. The Labute approximate surface area is 199 Å². The van der Waals surface area contributed by atoms with Crippen LogP contribution >= 0.6 is 27.3 Å². The predicted molar refractivity (Wildman–Crippen MR) is 130 cm³/mol. The van der Waals surface area contributed by atoms with E-state index >= 15 is 0 Å². The second kappa shape index (κ2) is 8.73. The van der Waals surface area contributed by atoms with Gasteiger partial charge in [0.1, 0.15) is 11.6 Å². The van der Waals surface area contributed by atoms with Crippen LogP contribution in [0.4, 0.5) is 5.69 Å². The number of ether oxygens (including phenoxy) is 1. The van der Waals surface area contributed by atoms with Crippen molar-refractivity contribution < 1.29 is 9.84 Å². The maximum absolute atomic E-state index is 11.0. The average molecular weight is 514 g/mol. The largest absolute Gasteiger partial charge is 0.497 e. The Balaban J connectivity index is 1.44. The average Bonchev–Trinajstić information content (AvgIpc) is 3.31. The van der Waals surface area contributed by atoms with E-state index in [4.69, 9.17) is 4.74 Å². The highest BCUT2D eigenvalue weighted by Gasteiger charge is 2.31. The van der Waals surface area contributed by atoms with Crippen LogP contribution in [0.2, 0.25) is 0 Å². The fourth-order valence-electron chi connectivity index (χ4n) is 4.26. The lowest BCUT2D eigenvalue weighted by molar-refractivity contribution is 0.211. The Morgan fingerprint density at radius 1 is 1.09 bits per heavy atom. The highest BCUT2D eigenvalue weighted by molar-refractivity contribution is 9.10. The predicted octanol–water partition coefficient (Wildman–Crippen LogP) is 4.49. The number of halogens is 1. The summed E-state index contributed by atoms with van der Waals surface area (Å²) in [6.45, 7) is 5.38. The summed E-state index contributed by atoms with van der Waals surface area (Å²) in [6.07, 6.45) is 0. The van der Waals surface area contributed by atoms with Gasteiger partial charge < -0.3 is 14.7 Å². The number of aryl methyl sites for hydroxylation is 1. The molecule has 1 atom stereocenters. The molecule has 1 N–H and O–H groups in total. The first-order chi connectivity index (χ1) is 15.5. The second-order valence-electron chi connectivity index (χ2n) is 7.82. The van der Waals surface area contributed by atoms with E-state index in [1.54, 1.807) is 11.6 Å². The van der Waals surface area contributed by atoms with Gasteiger partial charge in [-0.15, -0.1) is 5.10 Å². The molecule has 7 nitrogen and oxygen atoms in total. The molecule has 3 heterocycles. The smallest absolute Gasteiger partial charge is 0.230 e. The third-order valence-corrected chi connectivity index (χ3v) is 7.40. The summed E-state index contributed by atoms with van der Waals surface area (Å²) in [6, 6.07) is 16.4. The lowest BCUT2D eigenvalue weighted by Gasteiger charge is -2.40. The molecule has 32 heavy (non-hydrogen) atoms. The van der Waals surface area contributed by atoms with Crippen LogP contribution in [0.15, 0.2) is 53.0 Å². The van der Waals surface area contributed by atoms with Crippen molar-refractivity contribution >= 4 is 37.9 Å². The number of anilines is 1. The van der Waals surface area contributed by atoms with E-state index in [1.165, 1.54) is 17.0 Å². The Hall–Kier alpha value is -2.62. The van der Waals surface area contributed by atoms with Crippen molar-refractivity contribution in [1.82, 2.24) is 19.5 Å². The van der Waals surface area contributed by atoms with E-state index in [1.807, 2.05) is 31.2 Å². The maximum Gasteiger partial charge on any atom is 0.230 e. The van der Waals surface area contributed by atoms with Gasteiger partial charge in [-0.1, -0.05) is 39.4 Å². The molecule has 0 aliphatic carbocycles. The number of hydrogen-bond acceptors (Lipinski definition) is 7. The minimum atomic E-state index is -0.0701. The van der Waals surface area contributed by atoms with Crippen LogP contribution < -0.4 is 9.64 Å². The van der Waals surface area contributed by atoms with Gasteiger partial charge >= 0.3 is 0 Å². The summed E-state index contributed by atoms with van der Waals surface area (Å²) < 4.78 is 7.85. The summed E-state index contributed by atoms with van der Waals surface area (Å²) in [4.78, 5) is 10.9. The molecule has 1 saturated heterocycles. The Kier molecular flexibility index (Phi) is 5.79. The van der Waals surface area contributed by atoms with Crippen LogP contribution in [0.5, 0.6) is 11.6 Å². The third-order valence-electron chi connectivity index (χ3n) is 5.84. The van der Waals surface area contributed by atoms with E-state index in [-0.39, 0.29) is 11.9 Å². The normalized spacial score (nSPS) is 15.9. The zero-order chi connectivity index (χ0) is 22.2. The zero-order valence-corrected chi connectivity index (χ0v) is 20.3. The number of aromatic hydroxyl groups is 1. The van der Waals surface area contributed by atoms with E-state index in [0.717, 1.165) is 46.8 Å². The third kappa shape index (κ3) is 3.96. The lowest BCUT2D eigenvalue weighted by Crippen LogP contribution is -2.47. The fraction of sp³-hybridized carbons (Fsp3) is 0.304. The van der Waals surface area contributed by atoms with Gasteiger partial charge in [-0.05, 0) is 48.9 Å². The highest BCUT2D eigenvalue weighted by Crippen LogP contribution is 2.41. The van der Waals surface area contributed by atoms with Gasteiger partial charge in [0.05, 0.1) is 18.0 Å². The maximum atomic E-state index is 11.0. The summed E-state index contributed by atoms with van der Waals surface area (Å²) in [5.41, 5.74) is 2.33. The van der Waals surface area contributed by atoms with Gasteiger partial charge in [0.25, 0.3) is 0 Å². The van der Waals surface area contributed by atoms with Gasteiger partial charge in [-0.3, -0.25) is 4.90 Å². The number of rotatable bonds is 5. The number of benzene rings is 2. The van der Waals surface area contributed by atoms with Crippen molar-refractivity contribution in [3.8, 4) is 11.6 Å². The topological polar surface area (TPSA) is 66.1 Å². The van der Waals surface area contributed by atoms with Crippen molar-refractivity contribution in [2.45, 2.75) is 13.0 Å². The Morgan fingerprint density at radius 2 is 1.84 bits per heavy atom. The molecule has 1 fully saturated rings. The minimum absolute atomic E-state index is 0.0701. The fourth-order valence-corrected chi connectivity index (χ4v) is 5.84. The molecule has 2 aromatic carbocycles. The standard InChI is InChI=1S/C23H24BrN5O2S/c1-15-25-23-29(26-15)22(30)21(32-23)20(16-4-3-5-17(24)14-16)28-12-10-27(11-13-28)18-6-8-19(31-2)9-7-18/h3-9,14,20,30H,10-13H2,1-2H3/t20-/m0/s1. The van der Waals surface area contributed by atoms with Gasteiger partial charge in [0.15, 0.2) is 0 Å². The monoisotopic (exact) mass is 513 g/mol. The van der Waals surface area contributed by atoms with Crippen LogP contribution in [-0.4, -0.2) is 57.9 Å². The van der Waals surface area contributed by atoms with Gasteiger partial charge in [-0.2, -0.15) is 4.52 Å². The molecule has 9 heteroatoms. The van der Waals surface area contributed by atoms with Crippen LogP contribution in [-0.2, 0) is 0 Å². The van der Waals surface area contributed by atoms with Crippen LogP contribution in [0.1, 0.15) is 22.3 Å². The first-order valence-corrected chi connectivity index (χ1v) is 12.1. The summed E-state index contributed by atoms with van der Waals surface area (Å²) in [7, 11) is 1.68. The van der Waals surface area contributed by atoms with Gasteiger partial charge in [0, 0.05) is 36.3 Å². The molecule has 5 rings (SSSR count). The first kappa shape index (κ1) is 21.2. The van der Waals surface area contributed by atoms with Crippen molar-refractivity contribution in [2.75, 3.05) is 38.2 Å². The molecule has 166 valence electrons. The molecule has 0 unspecified atom stereocenters. The van der Waals surface area contributed by atoms with Gasteiger partial charge in [0.2, 0.25) is 10.8 Å². The lowest BCUT2D eigenvalue weighted by atomic mass is 10.0. The van der Waals surface area contributed by atoms with Gasteiger partial charge in [-0.25, -0.2) is 4.98 Å². The Morgan fingerprint density at radius 3 is 2.50 bits per heavy atom. The first-order valence-electron chi connectivity index (χ1n) is 10.5. The summed E-state index contributed by atoms with van der Waals surface area (Å²) in [5, 5.41) is 15.4. The van der Waals surface area contributed by atoms with Crippen molar-refractivity contribution in [2.24, 2.45) is 0 Å². The number of fused-ring (bicyclic) bond motifs is 1. The summed E-state index contributed by atoms with van der Waals surface area (Å²) in [5.74, 6) is 1.70. The molecule has 2 aromatic heterocycles. The van der Waals surface area contributed by atoms with Crippen molar-refractivity contribution in [3.63, 3.8) is 0 Å². The van der Waals surface area contributed by atoms with Crippen LogP contribution in [0.25, 0.3) is 4.96 Å². The molecule has 1 aliphatic heterocycles. The Bertz CT molecular complexity index is 1230. The van der Waals surface area contributed by atoms with Crippen LogP contribution in [0.3, 0.4) is 0 Å². The molecule has 0 bridgehead atoms. The van der Waals surface area contributed by atoms with E-state index < -0.39 is 0 Å². The molecular formula is C23H24BrN5O2S. The molecule has 4 aromatic rings. The number of nitrogens with zero attached hydrogens (tertiary/aromatic N) is 5. The number of piperazine rings is 1. The molecule has 1 aliphatic rings. The van der Waals surface area contributed by atoms with Crippen molar-refractivity contribution in [1.29, 1.82) is 0 Å². The highest BCUT2D eigenvalue weighted by atomic mass is 79.9. The zero-order valence-electron chi connectivity index (χ0n) is 17.9. The molecule has 0 saturated carbocycles. The molecular weight excluding hydrogens is 490 g/mol. The number of hydrogen-bond donors (Lipinski definition) is 1. The SMILES string of the molecule is COc1ccc(N2CCN([C@@H](c3cccc(Br)c3)c3sc4nc(C)nn4c3O)CC2)cc1. The molecule has 0 radical (unpaired) electrons. The second-order valence-corrected chi connectivity index (χ2v) is 9.75. The van der Waals surface area contributed by atoms with E-state index in [2.05, 4.69) is 60.1 Å². The summed E-state index contributed by atoms with van der Waals surface area (Å²) >= 11 is 5.11.